The smallest absolute Gasteiger partial charge is 0.161 e. The molecule has 32 heavy (non-hydrogen) atoms. The lowest BCUT2D eigenvalue weighted by Crippen LogP contribution is -2.02. The third-order valence-corrected chi connectivity index (χ3v) is 5.12. The second-order valence-corrected chi connectivity index (χ2v) is 7.63. The van der Waals surface area contributed by atoms with Crippen LogP contribution >= 0.6 is 11.6 Å². The van der Waals surface area contributed by atoms with Gasteiger partial charge in [-0.1, -0.05) is 48.0 Å². The Balaban J connectivity index is 1.33. The van der Waals surface area contributed by atoms with Crippen LogP contribution < -0.4 is 19.5 Å². The molecule has 5 heteroatoms. The van der Waals surface area contributed by atoms with Crippen molar-refractivity contribution in [2.45, 2.75) is 13.2 Å². The van der Waals surface area contributed by atoms with Crippen molar-refractivity contribution < 1.29 is 14.2 Å². The van der Waals surface area contributed by atoms with Gasteiger partial charge in [0.2, 0.25) is 0 Å². The van der Waals surface area contributed by atoms with Crippen LogP contribution in [0.15, 0.2) is 97.1 Å². The standard InChI is InChI=1S/C27H24ClNO3/c1-30-27-17-21(9-16-26(27)31-19-20-7-10-22(28)11-8-20)18-29-23-12-14-25(15-13-23)32-24-5-3-2-4-6-24/h2-17,29H,18-19H2,1H3. The van der Waals surface area contributed by atoms with Crippen LogP contribution in [0.1, 0.15) is 11.1 Å². The molecule has 0 bridgehead atoms. The van der Waals surface area contributed by atoms with Gasteiger partial charge in [0, 0.05) is 17.3 Å². The average molecular weight is 446 g/mol. The van der Waals surface area contributed by atoms with E-state index in [2.05, 4.69) is 5.32 Å². The summed E-state index contributed by atoms with van der Waals surface area (Å²) >= 11 is 5.94. The maximum absolute atomic E-state index is 5.94. The quantitative estimate of drug-likeness (QED) is 0.292. The molecule has 4 aromatic rings. The van der Waals surface area contributed by atoms with E-state index < -0.39 is 0 Å². The SMILES string of the molecule is COc1cc(CNc2ccc(Oc3ccccc3)cc2)ccc1OCc1ccc(Cl)cc1. The van der Waals surface area contributed by atoms with Gasteiger partial charge in [0.25, 0.3) is 0 Å². The first-order valence-electron chi connectivity index (χ1n) is 10.3. The second kappa shape index (κ2) is 10.6. The number of rotatable bonds is 9. The summed E-state index contributed by atoms with van der Waals surface area (Å²) < 4.78 is 17.3. The molecule has 0 aliphatic rings. The predicted molar refractivity (Wildman–Crippen MR) is 129 cm³/mol. The van der Waals surface area contributed by atoms with Crippen molar-refractivity contribution in [2.24, 2.45) is 0 Å². The number of ether oxygens (including phenoxy) is 3. The van der Waals surface area contributed by atoms with Crippen molar-refractivity contribution in [1.29, 1.82) is 0 Å². The Kier molecular flexibility index (Phi) is 7.15. The Labute approximate surface area is 193 Å². The van der Waals surface area contributed by atoms with Crippen LogP contribution in [0, 0.1) is 0 Å². The normalized spacial score (nSPS) is 10.4. The van der Waals surface area contributed by atoms with Crippen LogP contribution in [0.3, 0.4) is 0 Å². The van der Waals surface area contributed by atoms with Crippen LogP contribution in [0.2, 0.25) is 5.02 Å². The Hall–Kier alpha value is -3.63. The molecule has 1 N–H and O–H groups in total. The molecular weight excluding hydrogens is 422 g/mol. The number of hydrogen-bond acceptors (Lipinski definition) is 4. The Morgan fingerprint density at radius 1 is 0.719 bits per heavy atom. The Morgan fingerprint density at radius 3 is 2.12 bits per heavy atom. The maximum atomic E-state index is 5.94. The number of benzene rings is 4. The molecule has 4 aromatic carbocycles. The minimum atomic E-state index is 0.447. The zero-order valence-corrected chi connectivity index (χ0v) is 18.5. The molecule has 0 heterocycles. The molecule has 162 valence electrons. The van der Waals surface area contributed by atoms with Gasteiger partial charge in [-0.15, -0.1) is 0 Å². The summed E-state index contributed by atoms with van der Waals surface area (Å²) in [6.07, 6.45) is 0. The number of halogens is 1. The summed E-state index contributed by atoms with van der Waals surface area (Å²) in [5, 5.41) is 4.13. The van der Waals surface area contributed by atoms with E-state index in [0.717, 1.165) is 28.3 Å². The molecule has 0 fully saturated rings. The third kappa shape index (κ3) is 5.96. The minimum Gasteiger partial charge on any atom is -0.493 e. The Morgan fingerprint density at radius 2 is 1.41 bits per heavy atom. The fourth-order valence-corrected chi connectivity index (χ4v) is 3.28. The summed E-state index contributed by atoms with van der Waals surface area (Å²) in [5.74, 6) is 3.02. The summed E-state index contributed by atoms with van der Waals surface area (Å²) in [6.45, 7) is 1.11. The lowest BCUT2D eigenvalue weighted by atomic mass is 10.2. The first-order chi connectivity index (χ1) is 15.7. The van der Waals surface area contributed by atoms with Gasteiger partial charge in [0.15, 0.2) is 11.5 Å². The average Bonchev–Trinajstić information content (AvgIpc) is 2.84. The van der Waals surface area contributed by atoms with Gasteiger partial charge < -0.3 is 19.5 Å². The zero-order valence-electron chi connectivity index (χ0n) is 17.8. The highest BCUT2D eigenvalue weighted by Crippen LogP contribution is 2.29. The van der Waals surface area contributed by atoms with Crippen molar-refractivity contribution in [1.82, 2.24) is 0 Å². The molecule has 4 rings (SSSR count). The van der Waals surface area contributed by atoms with E-state index in [-0.39, 0.29) is 0 Å². The van der Waals surface area contributed by atoms with Crippen LogP contribution in [-0.4, -0.2) is 7.11 Å². The molecule has 0 aromatic heterocycles. The summed E-state index contributed by atoms with van der Waals surface area (Å²) in [7, 11) is 1.65. The zero-order chi connectivity index (χ0) is 22.2. The number of nitrogens with one attached hydrogen (secondary N) is 1. The van der Waals surface area contributed by atoms with Gasteiger partial charge in [0.1, 0.15) is 18.1 Å². The van der Waals surface area contributed by atoms with Gasteiger partial charge in [-0.2, -0.15) is 0 Å². The fourth-order valence-electron chi connectivity index (χ4n) is 3.15. The van der Waals surface area contributed by atoms with E-state index in [4.69, 9.17) is 25.8 Å². The van der Waals surface area contributed by atoms with E-state index in [9.17, 15) is 0 Å². The van der Waals surface area contributed by atoms with Crippen molar-refractivity contribution in [3.8, 4) is 23.0 Å². The summed E-state index contributed by atoms with van der Waals surface area (Å²) in [6, 6.07) is 31.2. The summed E-state index contributed by atoms with van der Waals surface area (Å²) in [5.41, 5.74) is 3.14. The van der Waals surface area contributed by atoms with Gasteiger partial charge in [0.05, 0.1) is 7.11 Å². The number of para-hydroxylation sites is 1. The van der Waals surface area contributed by atoms with Crippen molar-refractivity contribution in [3.63, 3.8) is 0 Å². The monoisotopic (exact) mass is 445 g/mol. The molecule has 0 saturated carbocycles. The lowest BCUT2D eigenvalue weighted by Gasteiger charge is -2.13. The van der Waals surface area contributed by atoms with E-state index in [1.807, 2.05) is 97.1 Å². The first kappa shape index (κ1) is 21.6. The maximum Gasteiger partial charge on any atom is 0.161 e. The largest absolute Gasteiger partial charge is 0.493 e. The molecule has 0 unspecified atom stereocenters. The van der Waals surface area contributed by atoms with Crippen molar-refractivity contribution in [3.05, 3.63) is 113 Å². The fraction of sp³-hybridized carbons (Fsp3) is 0.111. The molecular formula is C27H24ClNO3. The highest BCUT2D eigenvalue weighted by Gasteiger charge is 2.07. The van der Waals surface area contributed by atoms with Crippen LogP contribution in [0.5, 0.6) is 23.0 Å². The predicted octanol–water partition coefficient (Wildman–Crippen LogP) is 7.33. The van der Waals surface area contributed by atoms with E-state index in [0.29, 0.717) is 29.7 Å². The molecule has 0 saturated heterocycles. The minimum absolute atomic E-state index is 0.447. The van der Waals surface area contributed by atoms with Gasteiger partial charge in [-0.05, 0) is 71.8 Å². The summed E-state index contributed by atoms with van der Waals surface area (Å²) in [4.78, 5) is 0. The number of anilines is 1. The van der Waals surface area contributed by atoms with Gasteiger partial charge in [-0.25, -0.2) is 0 Å². The topological polar surface area (TPSA) is 39.7 Å². The molecule has 0 amide bonds. The van der Waals surface area contributed by atoms with E-state index in [1.54, 1.807) is 7.11 Å². The molecule has 0 radical (unpaired) electrons. The highest BCUT2D eigenvalue weighted by molar-refractivity contribution is 6.30. The Bertz CT molecular complexity index is 1130. The molecule has 0 atom stereocenters. The highest BCUT2D eigenvalue weighted by atomic mass is 35.5. The molecule has 4 nitrogen and oxygen atoms in total. The van der Waals surface area contributed by atoms with Crippen LogP contribution in [-0.2, 0) is 13.2 Å². The molecule has 0 spiro atoms. The molecule has 0 aliphatic carbocycles. The third-order valence-electron chi connectivity index (χ3n) is 4.87. The van der Waals surface area contributed by atoms with Crippen LogP contribution in [0.25, 0.3) is 0 Å². The van der Waals surface area contributed by atoms with E-state index in [1.165, 1.54) is 0 Å². The number of hydrogen-bond donors (Lipinski definition) is 1. The first-order valence-corrected chi connectivity index (χ1v) is 10.7. The van der Waals surface area contributed by atoms with E-state index >= 15 is 0 Å². The second-order valence-electron chi connectivity index (χ2n) is 7.19. The van der Waals surface area contributed by atoms with Crippen molar-refractivity contribution in [2.75, 3.05) is 12.4 Å². The van der Waals surface area contributed by atoms with Crippen molar-refractivity contribution >= 4 is 17.3 Å². The lowest BCUT2D eigenvalue weighted by molar-refractivity contribution is 0.284. The molecule has 0 aliphatic heterocycles. The van der Waals surface area contributed by atoms with Gasteiger partial charge in [-0.3, -0.25) is 0 Å². The van der Waals surface area contributed by atoms with Gasteiger partial charge >= 0.3 is 0 Å². The number of methoxy groups -OCH3 is 1. The van der Waals surface area contributed by atoms with Crippen LogP contribution in [0.4, 0.5) is 5.69 Å².